The summed E-state index contributed by atoms with van der Waals surface area (Å²) in [5.41, 5.74) is 4.15. The van der Waals surface area contributed by atoms with E-state index in [1.807, 2.05) is 43.3 Å². The highest BCUT2D eigenvalue weighted by Crippen LogP contribution is 2.48. The van der Waals surface area contributed by atoms with E-state index in [0.29, 0.717) is 35.6 Å². The summed E-state index contributed by atoms with van der Waals surface area (Å²) in [6.07, 6.45) is 6.16. The highest BCUT2D eigenvalue weighted by atomic mass is 16.7. The van der Waals surface area contributed by atoms with Crippen molar-refractivity contribution < 1.29 is 23.8 Å². The van der Waals surface area contributed by atoms with Crippen molar-refractivity contribution in [3.63, 3.8) is 0 Å². The monoisotopic (exact) mass is 485 g/mol. The lowest BCUT2D eigenvalue weighted by Gasteiger charge is -2.37. The summed E-state index contributed by atoms with van der Waals surface area (Å²) >= 11 is 0. The van der Waals surface area contributed by atoms with Gasteiger partial charge < -0.3 is 14.2 Å². The van der Waals surface area contributed by atoms with E-state index in [0.717, 1.165) is 42.5 Å². The standard InChI is InChI=1S/C30H31NO5/c1-18-27(30(33)36-22-10-6-3-7-11-22)28(20-12-13-25-26(16-20)35-17-34-25)29-23(31-18)14-21(15-24(29)32)19-8-4-2-5-9-19/h2,4-5,8-9,12-13,16,21-22,27-28H,3,6-7,10-11,14-15,17H2,1H3/t21-,27?,28+/m0/s1. The molecule has 4 aliphatic rings. The van der Waals surface area contributed by atoms with Crippen molar-refractivity contribution in [2.45, 2.75) is 69.8 Å². The number of nitrogens with zero attached hydrogens (tertiary/aromatic N) is 1. The molecular weight excluding hydrogens is 454 g/mol. The number of aliphatic imine (C=N–C) groups is 1. The number of fused-ring (bicyclic) bond motifs is 1. The molecule has 2 aliphatic carbocycles. The lowest BCUT2D eigenvalue weighted by atomic mass is 9.69. The molecule has 0 amide bonds. The molecule has 0 saturated heterocycles. The Bertz CT molecular complexity index is 1240. The molecule has 2 aromatic carbocycles. The Hall–Kier alpha value is -3.41. The molecule has 1 saturated carbocycles. The number of Topliss-reactive ketones (excluding diaryl/α,β-unsaturated/α-hetero) is 1. The normalized spacial score (nSPS) is 25.9. The van der Waals surface area contributed by atoms with Gasteiger partial charge in [-0.25, -0.2) is 0 Å². The van der Waals surface area contributed by atoms with Crippen molar-refractivity contribution in [2.24, 2.45) is 10.9 Å². The van der Waals surface area contributed by atoms with Gasteiger partial charge in [-0.2, -0.15) is 0 Å². The summed E-state index contributed by atoms with van der Waals surface area (Å²) < 4.78 is 17.2. The molecule has 2 aliphatic heterocycles. The van der Waals surface area contributed by atoms with Crippen molar-refractivity contribution >= 4 is 17.5 Å². The smallest absolute Gasteiger partial charge is 0.315 e. The lowest BCUT2D eigenvalue weighted by Crippen LogP contribution is -2.39. The van der Waals surface area contributed by atoms with Crippen LogP contribution in [0.15, 0.2) is 64.8 Å². The minimum Gasteiger partial charge on any atom is -0.462 e. The van der Waals surface area contributed by atoms with Crippen LogP contribution in [-0.4, -0.2) is 30.4 Å². The molecule has 0 N–H and O–H groups in total. The van der Waals surface area contributed by atoms with Crippen molar-refractivity contribution in [3.8, 4) is 11.5 Å². The second-order valence-electron chi connectivity index (χ2n) is 10.3. The van der Waals surface area contributed by atoms with Crippen LogP contribution in [0.1, 0.15) is 74.8 Å². The zero-order valence-corrected chi connectivity index (χ0v) is 20.6. The van der Waals surface area contributed by atoms with E-state index in [4.69, 9.17) is 19.2 Å². The van der Waals surface area contributed by atoms with Gasteiger partial charge in [0.15, 0.2) is 17.3 Å². The Morgan fingerprint density at radius 2 is 1.72 bits per heavy atom. The zero-order valence-electron chi connectivity index (χ0n) is 20.6. The second kappa shape index (κ2) is 9.57. The Morgan fingerprint density at radius 3 is 2.53 bits per heavy atom. The summed E-state index contributed by atoms with van der Waals surface area (Å²) in [5.74, 6) is 0.0804. The van der Waals surface area contributed by atoms with Crippen molar-refractivity contribution in [1.82, 2.24) is 0 Å². The van der Waals surface area contributed by atoms with Crippen LogP contribution in [0.3, 0.4) is 0 Å². The Kier molecular flexibility index (Phi) is 6.12. The maximum absolute atomic E-state index is 13.8. The largest absolute Gasteiger partial charge is 0.462 e. The average Bonchev–Trinajstić information content (AvgIpc) is 3.37. The number of esters is 1. The van der Waals surface area contributed by atoms with E-state index in [-0.39, 0.29) is 30.6 Å². The minimum absolute atomic E-state index is 0.0551. The Labute approximate surface area is 211 Å². The lowest BCUT2D eigenvalue weighted by molar-refractivity contribution is -0.153. The summed E-state index contributed by atoms with van der Waals surface area (Å²) in [6.45, 7) is 2.07. The van der Waals surface area contributed by atoms with Gasteiger partial charge in [-0.1, -0.05) is 42.8 Å². The van der Waals surface area contributed by atoms with Gasteiger partial charge in [0.05, 0.1) is 0 Å². The number of carbonyl (C=O) groups excluding carboxylic acids is 2. The molecule has 3 atom stereocenters. The molecular formula is C30H31NO5. The van der Waals surface area contributed by atoms with E-state index in [9.17, 15) is 9.59 Å². The molecule has 6 nitrogen and oxygen atoms in total. The molecule has 36 heavy (non-hydrogen) atoms. The van der Waals surface area contributed by atoms with Crippen LogP contribution in [0, 0.1) is 5.92 Å². The number of hydrogen-bond acceptors (Lipinski definition) is 6. The summed E-state index contributed by atoms with van der Waals surface area (Å²) in [4.78, 5) is 32.3. The molecule has 1 unspecified atom stereocenters. The van der Waals surface area contributed by atoms with Crippen molar-refractivity contribution in [1.29, 1.82) is 0 Å². The van der Waals surface area contributed by atoms with E-state index >= 15 is 0 Å². The fourth-order valence-electron chi connectivity index (χ4n) is 6.21. The molecule has 186 valence electrons. The molecule has 0 bridgehead atoms. The van der Waals surface area contributed by atoms with Crippen LogP contribution in [-0.2, 0) is 14.3 Å². The van der Waals surface area contributed by atoms with Gasteiger partial charge in [-0.15, -0.1) is 0 Å². The third-order valence-corrected chi connectivity index (χ3v) is 8.00. The number of rotatable bonds is 4. The maximum atomic E-state index is 13.8. The first-order valence-electron chi connectivity index (χ1n) is 13.0. The summed E-state index contributed by atoms with van der Waals surface area (Å²) in [6, 6.07) is 15.9. The molecule has 0 spiro atoms. The molecule has 2 aromatic rings. The number of ketones is 1. The number of allylic oxidation sites excluding steroid dienone is 2. The minimum atomic E-state index is -0.636. The number of carbonyl (C=O) groups is 2. The fourth-order valence-corrected chi connectivity index (χ4v) is 6.21. The Morgan fingerprint density at radius 1 is 0.944 bits per heavy atom. The molecule has 6 heteroatoms. The van der Waals surface area contributed by atoms with Gasteiger partial charge in [0, 0.05) is 29.3 Å². The van der Waals surface area contributed by atoms with Gasteiger partial charge in [-0.05, 0) is 68.2 Å². The Balaban J connectivity index is 1.39. The second-order valence-corrected chi connectivity index (χ2v) is 10.3. The molecule has 6 rings (SSSR count). The van der Waals surface area contributed by atoms with E-state index in [1.54, 1.807) is 0 Å². The van der Waals surface area contributed by atoms with Crippen LogP contribution < -0.4 is 9.47 Å². The number of ether oxygens (including phenoxy) is 3. The predicted molar refractivity (Wildman–Crippen MR) is 135 cm³/mol. The first-order chi connectivity index (χ1) is 17.6. The molecule has 1 fully saturated rings. The number of benzene rings is 2. The number of hydrogen-bond donors (Lipinski definition) is 0. The third kappa shape index (κ3) is 4.23. The third-order valence-electron chi connectivity index (χ3n) is 8.00. The zero-order chi connectivity index (χ0) is 24.6. The molecule has 0 aromatic heterocycles. The van der Waals surface area contributed by atoms with Gasteiger partial charge >= 0.3 is 5.97 Å². The van der Waals surface area contributed by atoms with Crippen LogP contribution in [0.2, 0.25) is 0 Å². The van der Waals surface area contributed by atoms with Gasteiger partial charge in [0.2, 0.25) is 6.79 Å². The van der Waals surface area contributed by atoms with Gasteiger partial charge in [0.25, 0.3) is 0 Å². The van der Waals surface area contributed by atoms with E-state index in [1.165, 1.54) is 6.42 Å². The van der Waals surface area contributed by atoms with Crippen LogP contribution >= 0.6 is 0 Å². The molecule has 0 radical (unpaired) electrons. The SMILES string of the molecule is CC1=NC2=C(C(=O)C[C@@H](c3ccccc3)C2)[C@H](c2ccc3c(c2)OCO3)C1C(=O)OC1CCCCC1. The van der Waals surface area contributed by atoms with Gasteiger partial charge in [0.1, 0.15) is 12.0 Å². The van der Waals surface area contributed by atoms with Crippen LogP contribution in [0.4, 0.5) is 0 Å². The fraction of sp³-hybridized carbons (Fsp3) is 0.433. The highest BCUT2D eigenvalue weighted by molar-refractivity contribution is 6.09. The molecule has 2 heterocycles. The quantitative estimate of drug-likeness (QED) is 0.507. The maximum Gasteiger partial charge on any atom is 0.315 e. The summed E-state index contributed by atoms with van der Waals surface area (Å²) in [5, 5.41) is 0. The van der Waals surface area contributed by atoms with Gasteiger partial charge in [-0.3, -0.25) is 14.6 Å². The van der Waals surface area contributed by atoms with E-state index in [2.05, 4.69) is 12.1 Å². The van der Waals surface area contributed by atoms with E-state index < -0.39 is 11.8 Å². The topological polar surface area (TPSA) is 74.2 Å². The van der Waals surface area contributed by atoms with Crippen molar-refractivity contribution in [2.75, 3.05) is 6.79 Å². The van der Waals surface area contributed by atoms with Crippen LogP contribution in [0.5, 0.6) is 11.5 Å². The average molecular weight is 486 g/mol. The van der Waals surface area contributed by atoms with Crippen LogP contribution in [0.25, 0.3) is 0 Å². The summed E-state index contributed by atoms with van der Waals surface area (Å²) in [7, 11) is 0. The first kappa shape index (κ1) is 23.0. The van der Waals surface area contributed by atoms with Crippen molar-refractivity contribution in [3.05, 3.63) is 70.9 Å². The first-order valence-corrected chi connectivity index (χ1v) is 13.0. The highest BCUT2D eigenvalue weighted by Gasteiger charge is 2.45. The predicted octanol–water partition coefficient (Wildman–Crippen LogP) is 5.87.